The van der Waals surface area contributed by atoms with Crippen molar-refractivity contribution in [1.82, 2.24) is 0 Å². The van der Waals surface area contributed by atoms with Crippen molar-refractivity contribution in [2.24, 2.45) is 0 Å². The topological polar surface area (TPSA) is 77.8 Å². The fourth-order valence-corrected chi connectivity index (χ4v) is 2.26. The zero-order valence-corrected chi connectivity index (χ0v) is 15.3. The summed E-state index contributed by atoms with van der Waals surface area (Å²) in [7, 11) is 4.58. The molecular weight excluding hydrogens is 346 g/mol. The molecule has 0 unspecified atom stereocenters. The van der Waals surface area contributed by atoms with Gasteiger partial charge in [0.25, 0.3) is 0 Å². The van der Waals surface area contributed by atoms with Crippen molar-refractivity contribution in [3.05, 3.63) is 59.7 Å². The predicted molar refractivity (Wildman–Crippen MR) is 102 cm³/mol. The number of nitriles is 1. The molecule has 0 radical (unpaired) electrons. The lowest BCUT2D eigenvalue weighted by Gasteiger charge is -2.09. The second kappa shape index (κ2) is 9.68. The average molecular weight is 365 g/mol. The van der Waals surface area contributed by atoms with Crippen LogP contribution < -0.4 is 18.9 Å². The normalized spacial score (nSPS) is 10.6. The Balaban J connectivity index is 2.15. The van der Waals surface area contributed by atoms with Gasteiger partial charge in [0.15, 0.2) is 11.5 Å². The molecule has 0 saturated heterocycles. The maximum absolute atomic E-state index is 12.1. The van der Waals surface area contributed by atoms with E-state index in [0.29, 0.717) is 22.8 Å². The van der Waals surface area contributed by atoms with Crippen molar-refractivity contribution in [3.8, 4) is 29.1 Å². The zero-order valence-electron chi connectivity index (χ0n) is 15.3. The maximum atomic E-state index is 12.1. The first-order chi connectivity index (χ1) is 13.1. The first-order valence-corrected chi connectivity index (χ1v) is 7.97. The molecule has 0 amide bonds. The number of rotatable bonds is 7. The van der Waals surface area contributed by atoms with E-state index in [1.165, 1.54) is 26.4 Å². The summed E-state index contributed by atoms with van der Waals surface area (Å²) >= 11 is 0. The van der Waals surface area contributed by atoms with Crippen LogP contribution in [0.5, 0.6) is 23.0 Å². The molecule has 138 valence electrons. The molecule has 0 fully saturated rings. The van der Waals surface area contributed by atoms with Crippen LogP contribution in [0.25, 0.3) is 12.2 Å². The van der Waals surface area contributed by atoms with Gasteiger partial charge in [0, 0.05) is 23.8 Å². The second-order valence-corrected chi connectivity index (χ2v) is 5.24. The van der Waals surface area contributed by atoms with Gasteiger partial charge < -0.3 is 18.9 Å². The molecule has 2 aromatic rings. The number of carbonyl (C=O) groups excluding carboxylic acids is 1. The minimum absolute atomic E-state index is 0.281. The number of nitrogens with zero attached hydrogens (tertiary/aromatic N) is 1. The highest BCUT2D eigenvalue weighted by Crippen LogP contribution is 2.29. The minimum Gasteiger partial charge on any atom is -0.497 e. The number of carbonyl (C=O) groups is 1. The smallest absolute Gasteiger partial charge is 0.336 e. The fraction of sp³-hybridized carbons (Fsp3) is 0.143. The van der Waals surface area contributed by atoms with E-state index in [0.717, 1.165) is 5.56 Å². The molecular formula is C21H19NO5. The summed E-state index contributed by atoms with van der Waals surface area (Å²) in [4.78, 5) is 12.1. The Bertz CT molecular complexity index is 909. The summed E-state index contributed by atoms with van der Waals surface area (Å²) in [6.07, 6.45) is 5.87. The quantitative estimate of drug-likeness (QED) is 0.321. The molecule has 0 saturated carbocycles. The molecule has 0 aromatic heterocycles. The van der Waals surface area contributed by atoms with E-state index in [4.69, 9.17) is 24.2 Å². The molecule has 0 aliphatic heterocycles. The summed E-state index contributed by atoms with van der Waals surface area (Å²) in [6, 6.07) is 12.2. The highest BCUT2D eigenvalue weighted by atomic mass is 16.6. The fourth-order valence-electron chi connectivity index (χ4n) is 2.26. The molecule has 6 heteroatoms. The molecule has 0 atom stereocenters. The van der Waals surface area contributed by atoms with Crippen molar-refractivity contribution >= 4 is 18.1 Å². The number of benzene rings is 2. The second-order valence-electron chi connectivity index (χ2n) is 5.24. The van der Waals surface area contributed by atoms with E-state index >= 15 is 0 Å². The number of methoxy groups -OCH3 is 3. The van der Waals surface area contributed by atoms with Crippen molar-refractivity contribution in [1.29, 1.82) is 5.26 Å². The molecule has 2 rings (SSSR count). The van der Waals surface area contributed by atoms with Crippen molar-refractivity contribution in [3.63, 3.8) is 0 Å². The van der Waals surface area contributed by atoms with Crippen molar-refractivity contribution < 1.29 is 23.7 Å². The van der Waals surface area contributed by atoms with Gasteiger partial charge in [-0.25, -0.2) is 4.79 Å². The molecule has 0 heterocycles. The maximum Gasteiger partial charge on any atom is 0.336 e. The van der Waals surface area contributed by atoms with E-state index in [2.05, 4.69) is 0 Å². The van der Waals surface area contributed by atoms with Crippen LogP contribution in [0.15, 0.2) is 48.6 Å². The number of hydrogen-bond acceptors (Lipinski definition) is 6. The lowest BCUT2D eigenvalue weighted by Crippen LogP contribution is -2.05. The van der Waals surface area contributed by atoms with E-state index in [1.807, 2.05) is 6.07 Å². The zero-order chi connectivity index (χ0) is 19.6. The first-order valence-electron chi connectivity index (χ1n) is 7.97. The average Bonchev–Trinajstić information content (AvgIpc) is 2.71. The van der Waals surface area contributed by atoms with Crippen LogP contribution in [-0.2, 0) is 4.79 Å². The molecule has 0 aliphatic rings. The molecule has 27 heavy (non-hydrogen) atoms. The van der Waals surface area contributed by atoms with Gasteiger partial charge >= 0.3 is 5.97 Å². The molecule has 6 nitrogen and oxygen atoms in total. The van der Waals surface area contributed by atoms with Gasteiger partial charge in [-0.05, 0) is 42.0 Å². The van der Waals surface area contributed by atoms with Crippen LogP contribution in [0.3, 0.4) is 0 Å². The Kier molecular flexibility index (Phi) is 7.03. The third-order valence-electron chi connectivity index (χ3n) is 3.59. The van der Waals surface area contributed by atoms with Gasteiger partial charge in [-0.15, -0.1) is 0 Å². The third-order valence-corrected chi connectivity index (χ3v) is 3.59. The summed E-state index contributed by atoms with van der Waals surface area (Å²) in [5.74, 6) is 1.33. The number of hydrogen-bond donors (Lipinski definition) is 0. The van der Waals surface area contributed by atoms with Gasteiger partial charge in [-0.3, -0.25) is 0 Å². The number of ether oxygens (including phenoxy) is 4. The Hall–Kier alpha value is -3.72. The van der Waals surface area contributed by atoms with Crippen molar-refractivity contribution in [2.75, 3.05) is 21.3 Å². The van der Waals surface area contributed by atoms with Gasteiger partial charge in [0.2, 0.25) is 0 Å². The predicted octanol–water partition coefficient (Wildman–Crippen LogP) is 3.87. The standard InChI is InChI=1S/C21H19NO5/c1-24-17-9-7-16(19(14-17)25-2)8-11-21(23)27-18-10-6-15(5-4-12-22)13-20(18)26-3/h4-11,13-14H,1-3H3/b5-4-,11-8+. The van der Waals surface area contributed by atoms with Crippen LogP contribution in [0, 0.1) is 11.3 Å². The first kappa shape index (κ1) is 19.6. The molecule has 0 spiro atoms. The number of esters is 1. The highest BCUT2D eigenvalue weighted by Gasteiger charge is 2.09. The monoisotopic (exact) mass is 365 g/mol. The van der Waals surface area contributed by atoms with E-state index < -0.39 is 5.97 Å². The minimum atomic E-state index is -0.563. The largest absolute Gasteiger partial charge is 0.497 e. The molecule has 0 N–H and O–H groups in total. The van der Waals surface area contributed by atoms with E-state index in [1.54, 1.807) is 55.7 Å². The molecule has 0 aliphatic carbocycles. The number of allylic oxidation sites excluding steroid dienone is 1. The molecule has 0 bridgehead atoms. The lowest BCUT2D eigenvalue weighted by molar-refractivity contribution is -0.129. The summed E-state index contributed by atoms with van der Waals surface area (Å²) in [5.41, 5.74) is 1.46. The van der Waals surface area contributed by atoms with Crippen LogP contribution in [0.2, 0.25) is 0 Å². The Morgan fingerprint density at radius 3 is 2.37 bits per heavy atom. The third kappa shape index (κ3) is 5.38. The van der Waals surface area contributed by atoms with Gasteiger partial charge in [-0.2, -0.15) is 5.26 Å². The lowest BCUT2D eigenvalue weighted by atomic mass is 10.1. The summed E-state index contributed by atoms with van der Waals surface area (Å²) in [6.45, 7) is 0. The highest BCUT2D eigenvalue weighted by molar-refractivity contribution is 5.89. The van der Waals surface area contributed by atoms with Crippen molar-refractivity contribution in [2.45, 2.75) is 0 Å². The Labute approximate surface area is 157 Å². The SMILES string of the molecule is COc1ccc(/C=C/C(=O)Oc2ccc(/C=C\C#N)cc2OC)c(OC)c1. The van der Waals surface area contributed by atoms with Gasteiger partial charge in [0.1, 0.15) is 11.5 Å². The summed E-state index contributed by atoms with van der Waals surface area (Å²) in [5, 5.41) is 8.59. The van der Waals surface area contributed by atoms with Crippen LogP contribution in [0.4, 0.5) is 0 Å². The van der Waals surface area contributed by atoms with Gasteiger partial charge in [-0.1, -0.05) is 6.07 Å². The van der Waals surface area contributed by atoms with Crippen LogP contribution in [-0.4, -0.2) is 27.3 Å². The van der Waals surface area contributed by atoms with E-state index in [9.17, 15) is 4.79 Å². The Morgan fingerprint density at radius 1 is 0.926 bits per heavy atom. The summed E-state index contributed by atoms with van der Waals surface area (Å²) < 4.78 is 21.0. The Morgan fingerprint density at radius 2 is 1.70 bits per heavy atom. The van der Waals surface area contributed by atoms with Gasteiger partial charge in [0.05, 0.1) is 27.4 Å². The van der Waals surface area contributed by atoms with Crippen LogP contribution >= 0.6 is 0 Å². The van der Waals surface area contributed by atoms with Crippen LogP contribution in [0.1, 0.15) is 11.1 Å². The van der Waals surface area contributed by atoms with E-state index in [-0.39, 0.29) is 5.75 Å². The molecule has 2 aromatic carbocycles.